The molecule has 3 rings (SSSR count). The van der Waals surface area contributed by atoms with Crippen LogP contribution in [0.4, 0.5) is 5.69 Å². The largest absolute Gasteiger partial charge is 0.389 e. The van der Waals surface area contributed by atoms with E-state index in [4.69, 9.17) is 0 Å². The molecule has 1 unspecified atom stereocenters. The minimum absolute atomic E-state index is 0.348. The minimum atomic E-state index is -0.348. The summed E-state index contributed by atoms with van der Waals surface area (Å²) in [4.78, 5) is 2.61. The van der Waals surface area contributed by atoms with Crippen LogP contribution in [0.5, 0.6) is 0 Å². The van der Waals surface area contributed by atoms with Gasteiger partial charge in [-0.15, -0.1) is 0 Å². The van der Waals surface area contributed by atoms with Crippen LogP contribution in [0.2, 0.25) is 0 Å². The van der Waals surface area contributed by atoms with Gasteiger partial charge in [0.05, 0.1) is 6.10 Å². The van der Waals surface area contributed by atoms with Gasteiger partial charge in [0.2, 0.25) is 0 Å². The summed E-state index contributed by atoms with van der Waals surface area (Å²) in [5.41, 5.74) is 3.91. The molecule has 1 fully saturated rings. The highest BCUT2D eigenvalue weighted by Gasteiger charge is 2.27. The topological polar surface area (TPSA) is 23.5 Å². The molecule has 0 radical (unpaired) electrons. The Bertz CT molecular complexity index is 421. The molecule has 1 aliphatic heterocycles. The Morgan fingerprint density at radius 3 is 2.72 bits per heavy atom. The number of hydrogen-bond donors (Lipinski definition) is 1. The smallest absolute Gasteiger partial charge is 0.0762 e. The quantitative estimate of drug-likeness (QED) is 0.863. The standard InChI is InChI=1S/C16H23NO/c1-12(18)13-7-8-16-14(11-13)9-10-17(16)15-5-3-2-4-6-15/h7-8,11-12,15,18H,2-6,9-10H2,1H3. The van der Waals surface area contributed by atoms with Gasteiger partial charge in [-0.1, -0.05) is 31.4 Å². The van der Waals surface area contributed by atoms with E-state index in [1.54, 1.807) is 0 Å². The first kappa shape index (κ1) is 12.0. The summed E-state index contributed by atoms with van der Waals surface area (Å²) >= 11 is 0. The molecule has 2 nitrogen and oxygen atoms in total. The SMILES string of the molecule is CC(O)c1ccc2c(c1)CCN2C1CCCCC1. The van der Waals surface area contributed by atoms with Crippen molar-refractivity contribution in [3.8, 4) is 0 Å². The number of nitrogens with zero attached hydrogens (tertiary/aromatic N) is 1. The monoisotopic (exact) mass is 245 g/mol. The van der Waals surface area contributed by atoms with Crippen molar-refractivity contribution in [2.75, 3.05) is 11.4 Å². The van der Waals surface area contributed by atoms with Gasteiger partial charge in [-0.3, -0.25) is 0 Å². The summed E-state index contributed by atoms with van der Waals surface area (Å²) < 4.78 is 0. The molecule has 98 valence electrons. The van der Waals surface area contributed by atoms with Crippen LogP contribution < -0.4 is 4.90 Å². The van der Waals surface area contributed by atoms with Crippen LogP contribution in [0.3, 0.4) is 0 Å². The molecule has 1 saturated carbocycles. The molecule has 1 aliphatic carbocycles. The number of fused-ring (bicyclic) bond motifs is 1. The van der Waals surface area contributed by atoms with E-state index in [1.807, 2.05) is 6.92 Å². The first-order valence-electron chi connectivity index (χ1n) is 7.33. The fraction of sp³-hybridized carbons (Fsp3) is 0.625. The molecule has 1 N–H and O–H groups in total. The first-order valence-corrected chi connectivity index (χ1v) is 7.33. The molecular weight excluding hydrogens is 222 g/mol. The van der Waals surface area contributed by atoms with Crippen molar-refractivity contribution in [3.05, 3.63) is 29.3 Å². The van der Waals surface area contributed by atoms with Gasteiger partial charge in [-0.2, -0.15) is 0 Å². The number of benzene rings is 1. The summed E-state index contributed by atoms with van der Waals surface area (Å²) in [6.45, 7) is 3.01. The van der Waals surface area contributed by atoms with Gasteiger partial charge >= 0.3 is 0 Å². The Balaban J connectivity index is 1.83. The van der Waals surface area contributed by atoms with Gasteiger partial charge in [0.25, 0.3) is 0 Å². The fourth-order valence-corrected chi connectivity index (χ4v) is 3.48. The molecule has 2 heteroatoms. The molecule has 18 heavy (non-hydrogen) atoms. The van der Waals surface area contributed by atoms with E-state index in [0.29, 0.717) is 0 Å². The molecule has 1 heterocycles. The minimum Gasteiger partial charge on any atom is -0.389 e. The zero-order valence-electron chi connectivity index (χ0n) is 11.2. The highest BCUT2D eigenvalue weighted by atomic mass is 16.3. The molecule has 0 amide bonds. The highest BCUT2D eigenvalue weighted by molar-refractivity contribution is 5.60. The summed E-state index contributed by atoms with van der Waals surface area (Å²) in [6.07, 6.45) is 7.71. The van der Waals surface area contributed by atoms with E-state index in [0.717, 1.165) is 18.0 Å². The Hall–Kier alpha value is -1.02. The lowest BCUT2D eigenvalue weighted by molar-refractivity contribution is 0.199. The molecule has 0 saturated heterocycles. The van der Waals surface area contributed by atoms with E-state index in [-0.39, 0.29) is 6.10 Å². The zero-order valence-corrected chi connectivity index (χ0v) is 11.2. The molecule has 1 aromatic carbocycles. The summed E-state index contributed by atoms with van der Waals surface area (Å²) in [7, 11) is 0. The molecule has 1 aromatic rings. The van der Waals surface area contributed by atoms with E-state index in [2.05, 4.69) is 23.1 Å². The molecule has 2 aliphatic rings. The van der Waals surface area contributed by atoms with Gasteiger partial charge in [0.1, 0.15) is 0 Å². The lowest BCUT2D eigenvalue weighted by Crippen LogP contribution is -2.35. The highest BCUT2D eigenvalue weighted by Crippen LogP contribution is 2.35. The van der Waals surface area contributed by atoms with Crippen LogP contribution in [-0.2, 0) is 6.42 Å². The maximum Gasteiger partial charge on any atom is 0.0762 e. The van der Waals surface area contributed by atoms with Crippen LogP contribution in [0, 0.1) is 0 Å². The first-order chi connectivity index (χ1) is 8.75. The predicted molar refractivity (Wildman–Crippen MR) is 75.0 cm³/mol. The Morgan fingerprint density at radius 2 is 2.00 bits per heavy atom. The third-order valence-electron chi connectivity index (χ3n) is 4.53. The van der Waals surface area contributed by atoms with Gasteiger partial charge in [-0.05, 0) is 43.4 Å². The summed E-state index contributed by atoms with van der Waals surface area (Å²) in [5, 5.41) is 9.66. The van der Waals surface area contributed by atoms with Crippen molar-refractivity contribution in [2.24, 2.45) is 0 Å². The third-order valence-corrected chi connectivity index (χ3v) is 4.53. The van der Waals surface area contributed by atoms with Crippen molar-refractivity contribution in [1.82, 2.24) is 0 Å². The van der Waals surface area contributed by atoms with Crippen molar-refractivity contribution >= 4 is 5.69 Å². The molecule has 0 spiro atoms. The Kier molecular flexibility index (Phi) is 3.29. The van der Waals surface area contributed by atoms with E-state index in [1.165, 1.54) is 49.9 Å². The maximum atomic E-state index is 9.66. The number of hydrogen-bond acceptors (Lipinski definition) is 2. The van der Waals surface area contributed by atoms with Crippen molar-refractivity contribution in [3.63, 3.8) is 0 Å². The van der Waals surface area contributed by atoms with Crippen molar-refractivity contribution in [1.29, 1.82) is 0 Å². The summed E-state index contributed by atoms with van der Waals surface area (Å²) in [5.74, 6) is 0. The van der Waals surface area contributed by atoms with E-state index >= 15 is 0 Å². The average Bonchev–Trinajstić information content (AvgIpc) is 2.82. The lowest BCUT2D eigenvalue weighted by Gasteiger charge is -2.33. The second-order valence-electron chi connectivity index (χ2n) is 5.80. The number of anilines is 1. The number of aliphatic hydroxyl groups is 1. The maximum absolute atomic E-state index is 9.66. The predicted octanol–water partition coefficient (Wildman–Crippen LogP) is 3.44. The normalized spacial score (nSPS) is 22.0. The second-order valence-corrected chi connectivity index (χ2v) is 5.80. The second kappa shape index (κ2) is 4.93. The van der Waals surface area contributed by atoms with Crippen molar-refractivity contribution in [2.45, 2.75) is 57.6 Å². The van der Waals surface area contributed by atoms with Gasteiger partial charge in [0, 0.05) is 18.3 Å². The van der Waals surface area contributed by atoms with Gasteiger partial charge in [-0.25, -0.2) is 0 Å². The van der Waals surface area contributed by atoms with Crippen LogP contribution in [-0.4, -0.2) is 17.7 Å². The van der Waals surface area contributed by atoms with Crippen LogP contribution in [0.15, 0.2) is 18.2 Å². The molecule has 0 aromatic heterocycles. The molecule has 0 bridgehead atoms. The van der Waals surface area contributed by atoms with E-state index < -0.39 is 0 Å². The van der Waals surface area contributed by atoms with Crippen molar-refractivity contribution < 1.29 is 5.11 Å². The summed E-state index contributed by atoms with van der Waals surface area (Å²) in [6, 6.07) is 7.27. The number of aliphatic hydroxyl groups excluding tert-OH is 1. The Labute approximate surface area is 110 Å². The average molecular weight is 245 g/mol. The van der Waals surface area contributed by atoms with Gasteiger partial charge < -0.3 is 10.0 Å². The van der Waals surface area contributed by atoms with Crippen LogP contribution >= 0.6 is 0 Å². The van der Waals surface area contributed by atoms with Crippen LogP contribution in [0.1, 0.15) is 56.3 Å². The molecular formula is C16H23NO. The third kappa shape index (κ3) is 2.14. The van der Waals surface area contributed by atoms with Crippen LogP contribution in [0.25, 0.3) is 0 Å². The molecule has 1 atom stereocenters. The lowest BCUT2D eigenvalue weighted by atomic mass is 9.94. The fourth-order valence-electron chi connectivity index (χ4n) is 3.48. The zero-order chi connectivity index (χ0) is 12.5. The Morgan fingerprint density at radius 1 is 1.22 bits per heavy atom. The van der Waals surface area contributed by atoms with Gasteiger partial charge in [0.15, 0.2) is 0 Å². The number of rotatable bonds is 2. The van der Waals surface area contributed by atoms with E-state index in [9.17, 15) is 5.11 Å².